The van der Waals surface area contributed by atoms with Gasteiger partial charge in [0.25, 0.3) is 0 Å². The minimum atomic E-state index is -3.51. The normalized spacial score (nSPS) is 17.4. The lowest BCUT2D eigenvalue weighted by Crippen LogP contribution is -2.28. The third-order valence-corrected chi connectivity index (χ3v) is 6.29. The van der Waals surface area contributed by atoms with E-state index in [1.807, 2.05) is 30.3 Å². The zero-order chi connectivity index (χ0) is 19.6. The fourth-order valence-electron chi connectivity index (χ4n) is 2.91. The molecule has 8 heteroatoms. The van der Waals surface area contributed by atoms with Crippen molar-refractivity contribution in [2.24, 2.45) is 5.92 Å². The molecule has 0 radical (unpaired) electrons. The maximum absolute atomic E-state index is 12.5. The molecule has 1 heterocycles. The van der Waals surface area contributed by atoms with Crippen LogP contribution in [0.1, 0.15) is 6.42 Å². The van der Waals surface area contributed by atoms with E-state index in [2.05, 4.69) is 5.32 Å². The van der Waals surface area contributed by atoms with Crippen molar-refractivity contribution in [3.8, 4) is 0 Å². The van der Waals surface area contributed by atoms with Gasteiger partial charge in [-0.05, 0) is 36.4 Å². The molecule has 0 aromatic heterocycles. The SMILES string of the molecule is CN(C)S(=O)(=O)c1ccc(NC(=O)C2CC(=O)N(c3ccccc3)C2)cc1. The molecule has 1 aliphatic heterocycles. The maximum Gasteiger partial charge on any atom is 0.242 e. The van der Waals surface area contributed by atoms with Crippen LogP contribution in [0.2, 0.25) is 0 Å². The van der Waals surface area contributed by atoms with Gasteiger partial charge < -0.3 is 10.2 Å². The number of nitrogens with zero attached hydrogens (tertiary/aromatic N) is 2. The Morgan fingerprint density at radius 2 is 1.70 bits per heavy atom. The van der Waals surface area contributed by atoms with Gasteiger partial charge in [0.05, 0.1) is 10.8 Å². The van der Waals surface area contributed by atoms with E-state index in [-0.39, 0.29) is 23.1 Å². The average Bonchev–Trinajstić information content (AvgIpc) is 3.04. The van der Waals surface area contributed by atoms with Gasteiger partial charge in [-0.3, -0.25) is 9.59 Å². The van der Waals surface area contributed by atoms with E-state index in [1.165, 1.54) is 26.2 Å². The summed E-state index contributed by atoms with van der Waals surface area (Å²) in [4.78, 5) is 26.5. The predicted molar refractivity (Wildman–Crippen MR) is 103 cm³/mol. The largest absolute Gasteiger partial charge is 0.326 e. The molecule has 0 bridgehead atoms. The topological polar surface area (TPSA) is 86.8 Å². The number of para-hydroxylation sites is 1. The molecule has 0 spiro atoms. The number of hydrogen-bond donors (Lipinski definition) is 1. The first-order chi connectivity index (χ1) is 12.8. The summed E-state index contributed by atoms with van der Waals surface area (Å²) in [6.07, 6.45) is 0.147. The standard InChI is InChI=1S/C19H21N3O4S/c1-21(2)27(25,26)17-10-8-15(9-11-17)20-19(24)14-12-18(23)22(13-14)16-6-4-3-5-7-16/h3-11,14H,12-13H2,1-2H3,(H,20,24). The van der Waals surface area contributed by atoms with Crippen LogP contribution in [0.15, 0.2) is 59.5 Å². The van der Waals surface area contributed by atoms with E-state index in [1.54, 1.807) is 17.0 Å². The second kappa shape index (κ2) is 7.50. The highest BCUT2D eigenvalue weighted by Gasteiger charge is 2.35. The Morgan fingerprint density at radius 1 is 1.07 bits per heavy atom. The second-order valence-corrected chi connectivity index (χ2v) is 8.69. The molecule has 27 heavy (non-hydrogen) atoms. The Kier molecular flexibility index (Phi) is 5.29. The van der Waals surface area contributed by atoms with Gasteiger partial charge in [0.2, 0.25) is 21.8 Å². The van der Waals surface area contributed by atoms with Crippen LogP contribution >= 0.6 is 0 Å². The number of carbonyl (C=O) groups excluding carboxylic acids is 2. The van der Waals surface area contributed by atoms with Crippen LogP contribution in [-0.4, -0.2) is 45.2 Å². The van der Waals surface area contributed by atoms with E-state index in [4.69, 9.17) is 0 Å². The quantitative estimate of drug-likeness (QED) is 0.849. The first-order valence-corrected chi connectivity index (χ1v) is 9.92. The fraction of sp³-hybridized carbons (Fsp3) is 0.263. The molecule has 3 rings (SSSR count). The van der Waals surface area contributed by atoms with E-state index < -0.39 is 15.9 Å². The Morgan fingerprint density at radius 3 is 2.30 bits per heavy atom. The molecule has 1 aliphatic rings. The number of nitrogens with one attached hydrogen (secondary N) is 1. The van der Waals surface area contributed by atoms with Gasteiger partial charge in [-0.1, -0.05) is 18.2 Å². The van der Waals surface area contributed by atoms with Gasteiger partial charge in [0.1, 0.15) is 0 Å². The summed E-state index contributed by atoms with van der Waals surface area (Å²) in [7, 11) is -0.596. The van der Waals surface area contributed by atoms with E-state index in [9.17, 15) is 18.0 Å². The monoisotopic (exact) mass is 387 g/mol. The van der Waals surface area contributed by atoms with Gasteiger partial charge in [-0.2, -0.15) is 0 Å². The van der Waals surface area contributed by atoms with Gasteiger partial charge in [-0.25, -0.2) is 12.7 Å². The van der Waals surface area contributed by atoms with Crippen LogP contribution in [0.5, 0.6) is 0 Å². The average molecular weight is 387 g/mol. The van der Waals surface area contributed by atoms with Crippen molar-refractivity contribution in [3.63, 3.8) is 0 Å². The molecule has 142 valence electrons. The van der Waals surface area contributed by atoms with Crippen molar-refractivity contribution in [1.29, 1.82) is 0 Å². The molecule has 0 aliphatic carbocycles. The van der Waals surface area contributed by atoms with Crippen molar-refractivity contribution in [2.75, 3.05) is 30.9 Å². The molecule has 2 amide bonds. The summed E-state index contributed by atoms with van der Waals surface area (Å²) in [5.41, 5.74) is 1.26. The molecule has 0 saturated carbocycles. The van der Waals surface area contributed by atoms with Crippen LogP contribution in [0.4, 0.5) is 11.4 Å². The number of hydrogen-bond acceptors (Lipinski definition) is 4. The first-order valence-electron chi connectivity index (χ1n) is 8.48. The zero-order valence-corrected chi connectivity index (χ0v) is 15.9. The molecular weight excluding hydrogens is 366 g/mol. The zero-order valence-electron chi connectivity index (χ0n) is 15.1. The summed E-state index contributed by atoms with van der Waals surface area (Å²) in [5.74, 6) is -0.804. The summed E-state index contributed by atoms with van der Waals surface area (Å²) >= 11 is 0. The summed E-state index contributed by atoms with van der Waals surface area (Å²) in [6.45, 7) is 0.321. The van der Waals surface area contributed by atoms with Crippen LogP contribution in [0, 0.1) is 5.92 Å². The van der Waals surface area contributed by atoms with Gasteiger partial charge in [0, 0.05) is 38.4 Å². The van der Waals surface area contributed by atoms with Crippen molar-refractivity contribution in [1.82, 2.24) is 4.31 Å². The van der Waals surface area contributed by atoms with Crippen molar-refractivity contribution < 1.29 is 18.0 Å². The number of anilines is 2. The minimum Gasteiger partial charge on any atom is -0.326 e. The van der Waals surface area contributed by atoms with E-state index in [0.717, 1.165) is 9.99 Å². The highest BCUT2D eigenvalue weighted by Crippen LogP contribution is 2.26. The van der Waals surface area contributed by atoms with Crippen LogP contribution in [0.25, 0.3) is 0 Å². The molecule has 1 unspecified atom stereocenters. The maximum atomic E-state index is 12.5. The molecule has 1 saturated heterocycles. The lowest BCUT2D eigenvalue weighted by atomic mass is 10.1. The highest BCUT2D eigenvalue weighted by atomic mass is 32.2. The van der Waals surface area contributed by atoms with Crippen molar-refractivity contribution in [2.45, 2.75) is 11.3 Å². The minimum absolute atomic E-state index is 0.0891. The summed E-state index contributed by atoms with van der Waals surface area (Å²) in [6, 6.07) is 15.2. The van der Waals surface area contributed by atoms with Gasteiger partial charge >= 0.3 is 0 Å². The second-order valence-electron chi connectivity index (χ2n) is 6.54. The van der Waals surface area contributed by atoms with Crippen molar-refractivity contribution in [3.05, 3.63) is 54.6 Å². The Labute approximate surface area is 158 Å². The predicted octanol–water partition coefficient (Wildman–Crippen LogP) is 1.93. The Hall–Kier alpha value is -2.71. The molecular formula is C19H21N3O4S. The van der Waals surface area contributed by atoms with Crippen LogP contribution in [0.3, 0.4) is 0 Å². The smallest absolute Gasteiger partial charge is 0.242 e. The number of amides is 2. The number of benzene rings is 2. The molecule has 7 nitrogen and oxygen atoms in total. The fourth-order valence-corrected chi connectivity index (χ4v) is 3.81. The van der Waals surface area contributed by atoms with Crippen LogP contribution in [-0.2, 0) is 19.6 Å². The van der Waals surface area contributed by atoms with Gasteiger partial charge in [0.15, 0.2) is 0 Å². The number of rotatable bonds is 5. The molecule has 1 fully saturated rings. The van der Waals surface area contributed by atoms with E-state index in [0.29, 0.717) is 12.2 Å². The molecule has 2 aromatic carbocycles. The van der Waals surface area contributed by atoms with Gasteiger partial charge in [-0.15, -0.1) is 0 Å². The van der Waals surface area contributed by atoms with E-state index >= 15 is 0 Å². The Bertz CT molecular complexity index is 941. The summed E-state index contributed by atoms with van der Waals surface area (Å²) in [5, 5.41) is 2.76. The molecule has 2 aromatic rings. The number of carbonyl (C=O) groups is 2. The third kappa shape index (κ3) is 4.01. The Balaban J connectivity index is 1.67. The lowest BCUT2D eigenvalue weighted by Gasteiger charge is -2.16. The van der Waals surface area contributed by atoms with Crippen LogP contribution < -0.4 is 10.2 Å². The first kappa shape index (κ1) is 19.1. The summed E-state index contributed by atoms with van der Waals surface area (Å²) < 4.78 is 25.3. The lowest BCUT2D eigenvalue weighted by molar-refractivity contribution is -0.122. The van der Waals surface area contributed by atoms with Crippen molar-refractivity contribution >= 4 is 33.2 Å². The third-order valence-electron chi connectivity index (χ3n) is 4.46. The molecule has 1 atom stereocenters. The number of sulfonamides is 1. The molecule has 1 N–H and O–H groups in total. The highest BCUT2D eigenvalue weighted by molar-refractivity contribution is 7.89.